The number of hydrogen-bond donors (Lipinski definition) is 4. The molecule has 0 aromatic heterocycles. The van der Waals surface area contributed by atoms with Gasteiger partial charge in [-0.1, -0.05) is 5.16 Å². The van der Waals surface area contributed by atoms with Crippen molar-refractivity contribution in [2.24, 2.45) is 10.9 Å². The van der Waals surface area contributed by atoms with Crippen molar-refractivity contribution in [3.8, 4) is 0 Å². The van der Waals surface area contributed by atoms with Gasteiger partial charge in [-0.25, -0.2) is 0 Å². The Hall–Kier alpha value is -0.850. The molecule has 0 aromatic carbocycles. The number of aliphatic hydroxyl groups is 1. The first-order valence-corrected chi connectivity index (χ1v) is 4.86. The zero-order valence-electron chi connectivity index (χ0n) is 9.86. The van der Waals surface area contributed by atoms with E-state index in [2.05, 4.69) is 10.5 Å². The Balaban J connectivity index is 4.03. The van der Waals surface area contributed by atoms with Gasteiger partial charge >= 0.3 is 0 Å². The lowest BCUT2D eigenvalue weighted by atomic mass is 10.1. The molecule has 5 N–H and O–H groups in total. The number of hydrogen-bond acceptors (Lipinski definition) is 5. The molecule has 0 amide bonds. The molecule has 6 heteroatoms. The van der Waals surface area contributed by atoms with Crippen LogP contribution < -0.4 is 11.1 Å². The summed E-state index contributed by atoms with van der Waals surface area (Å²) in [6.45, 7) is 4.42. The molecule has 0 saturated heterocycles. The molecular weight excluding hydrogens is 196 g/mol. The fourth-order valence-electron chi connectivity index (χ4n) is 1.30. The number of nitrogens with two attached hydrogens (primary N) is 1. The quantitative estimate of drug-likeness (QED) is 0.199. The van der Waals surface area contributed by atoms with Crippen molar-refractivity contribution in [2.75, 3.05) is 27.2 Å². The molecule has 0 saturated carbocycles. The highest BCUT2D eigenvalue weighted by Crippen LogP contribution is 2.03. The average Bonchev–Trinajstić information content (AvgIpc) is 2.11. The Morgan fingerprint density at radius 1 is 1.60 bits per heavy atom. The summed E-state index contributed by atoms with van der Waals surface area (Å²) in [5.41, 5.74) is 4.55. The second-order valence-corrected chi connectivity index (χ2v) is 4.36. The summed E-state index contributed by atoms with van der Waals surface area (Å²) in [7, 11) is 3.78. The normalized spacial score (nSPS) is 18.9. The third kappa shape index (κ3) is 6.27. The molecule has 0 fully saturated rings. The van der Waals surface area contributed by atoms with Crippen LogP contribution in [0.25, 0.3) is 0 Å². The minimum Gasteiger partial charge on any atom is -0.409 e. The first kappa shape index (κ1) is 14.2. The van der Waals surface area contributed by atoms with Gasteiger partial charge in [0, 0.05) is 13.1 Å². The molecule has 90 valence electrons. The van der Waals surface area contributed by atoms with Crippen LogP contribution in [-0.4, -0.2) is 59.9 Å². The number of rotatable bonds is 6. The van der Waals surface area contributed by atoms with Gasteiger partial charge in [-0.3, -0.25) is 0 Å². The van der Waals surface area contributed by atoms with Crippen molar-refractivity contribution in [1.29, 1.82) is 0 Å². The Kier molecular flexibility index (Phi) is 5.56. The smallest absolute Gasteiger partial charge is 0.156 e. The molecule has 0 bridgehead atoms. The Labute approximate surface area is 90.7 Å². The number of amidine groups is 1. The van der Waals surface area contributed by atoms with Crippen LogP contribution in [0.5, 0.6) is 0 Å². The molecule has 0 heterocycles. The van der Waals surface area contributed by atoms with E-state index < -0.39 is 5.60 Å². The molecule has 0 rings (SSSR count). The monoisotopic (exact) mass is 218 g/mol. The fraction of sp³-hybridized carbons (Fsp3) is 0.889. The van der Waals surface area contributed by atoms with Crippen LogP contribution in [0.15, 0.2) is 5.16 Å². The minimum atomic E-state index is -0.840. The molecule has 0 spiro atoms. The Morgan fingerprint density at radius 3 is 2.53 bits per heavy atom. The largest absolute Gasteiger partial charge is 0.409 e. The number of likely N-dealkylation sites (N-methyl/N-ethyl adjacent to an activating group) is 1. The van der Waals surface area contributed by atoms with Gasteiger partial charge in [0.15, 0.2) is 5.84 Å². The molecule has 15 heavy (non-hydrogen) atoms. The zero-order valence-corrected chi connectivity index (χ0v) is 9.86. The van der Waals surface area contributed by atoms with E-state index in [1.807, 2.05) is 19.0 Å². The predicted octanol–water partition coefficient (Wildman–Crippen LogP) is -0.976. The van der Waals surface area contributed by atoms with Gasteiger partial charge in [-0.15, -0.1) is 0 Å². The van der Waals surface area contributed by atoms with E-state index in [-0.39, 0.29) is 11.9 Å². The highest BCUT2D eigenvalue weighted by molar-refractivity contribution is 5.84. The van der Waals surface area contributed by atoms with Crippen molar-refractivity contribution >= 4 is 5.84 Å². The van der Waals surface area contributed by atoms with Crippen molar-refractivity contribution in [3.63, 3.8) is 0 Å². The van der Waals surface area contributed by atoms with Gasteiger partial charge in [0.25, 0.3) is 0 Å². The van der Waals surface area contributed by atoms with Crippen LogP contribution in [0, 0.1) is 0 Å². The molecule has 0 radical (unpaired) electrons. The van der Waals surface area contributed by atoms with Crippen LogP contribution in [0.1, 0.15) is 13.8 Å². The number of nitrogens with one attached hydrogen (secondary N) is 1. The van der Waals surface area contributed by atoms with Crippen molar-refractivity contribution < 1.29 is 10.3 Å². The van der Waals surface area contributed by atoms with Crippen LogP contribution in [-0.2, 0) is 0 Å². The molecule has 0 aliphatic rings. The van der Waals surface area contributed by atoms with E-state index in [0.717, 1.165) is 0 Å². The molecule has 6 nitrogen and oxygen atoms in total. The summed E-state index contributed by atoms with van der Waals surface area (Å²) in [6.07, 6.45) is 0. The lowest BCUT2D eigenvalue weighted by Gasteiger charge is -2.28. The van der Waals surface area contributed by atoms with Gasteiger partial charge in [0.2, 0.25) is 0 Å². The van der Waals surface area contributed by atoms with Gasteiger partial charge in [-0.2, -0.15) is 0 Å². The summed E-state index contributed by atoms with van der Waals surface area (Å²) < 4.78 is 0. The maximum atomic E-state index is 9.94. The van der Waals surface area contributed by atoms with E-state index in [0.29, 0.717) is 13.1 Å². The average molecular weight is 218 g/mol. The van der Waals surface area contributed by atoms with Crippen LogP contribution in [0.3, 0.4) is 0 Å². The predicted molar refractivity (Wildman–Crippen MR) is 60.1 cm³/mol. The van der Waals surface area contributed by atoms with E-state index in [4.69, 9.17) is 10.9 Å². The van der Waals surface area contributed by atoms with E-state index in [1.54, 1.807) is 13.8 Å². The molecule has 2 atom stereocenters. The molecule has 0 aliphatic heterocycles. The highest BCUT2D eigenvalue weighted by Gasteiger charge is 2.22. The highest BCUT2D eigenvalue weighted by atomic mass is 16.4. The van der Waals surface area contributed by atoms with Crippen LogP contribution in [0.4, 0.5) is 0 Å². The fourth-order valence-corrected chi connectivity index (χ4v) is 1.30. The van der Waals surface area contributed by atoms with Crippen molar-refractivity contribution in [2.45, 2.75) is 25.5 Å². The lowest BCUT2D eigenvalue weighted by molar-refractivity contribution is 0.0332. The van der Waals surface area contributed by atoms with Crippen LogP contribution in [0.2, 0.25) is 0 Å². The zero-order chi connectivity index (χ0) is 12.1. The Morgan fingerprint density at radius 2 is 2.13 bits per heavy atom. The summed E-state index contributed by atoms with van der Waals surface area (Å²) in [5, 5.41) is 24.2. The van der Waals surface area contributed by atoms with E-state index >= 15 is 0 Å². The standard InChI is InChI=1S/C9H22N4O2/c1-7(8(10)12-15)11-5-9(2,14)6-13(3)4/h7,11,14-15H,5-6H2,1-4H3,(H2,10,12). The summed E-state index contributed by atoms with van der Waals surface area (Å²) in [6, 6.07) is -0.261. The van der Waals surface area contributed by atoms with Gasteiger partial charge < -0.3 is 26.3 Å². The van der Waals surface area contributed by atoms with E-state index in [1.165, 1.54) is 0 Å². The first-order chi connectivity index (χ1) is 6.78. The minimum absolute atomic E-state index is 0.107. The summed E-state index contributed by atoms with van der Waals surface area (Å²) in [4.78, 5) is 1.90. The van der Waals surface area contributed by atoms with Gasteiger partial charge in [0.1, 0.15) is 0 Å². The third-order valence-electron chi connectivity index (χ3n) is 2.01. The first-order valence-electron chi connectivity index (χ1n) is 4.86. The summed E-state index contributed by atoms with van der Waals surface area (Å²) in [5.74, 6) is 0.107. The molecule has 0 aromatic rings. The molecular formula is C9H22N4O2. The maximum Gasteiger partial charge on any atom is 0.156 e. The Bertz CT molecular complexity index is 216. The number of oxime groups is 1. The summed E-state index contributed by atoms with van der Waals surface area (Å²) >= 11 is 0. The van der Waals surface area contributed by atoms with Crippen molar-refractivity contribution in [3.05, 3.63) is 0 Å². The van der Waals surface area contributed by atoms with Crippen LogP contribution >= 0.6 is 0 Å². The van der Waals surface area contributed by atoms with E-state index in [9.17, 15) is 5.11 Å². The maximum absolute atomic E-state index is 9.94. The second kappa shape index (κ2) is 5.89. The lowest BCUT2D eigenvalue weighted by Crippen LogP contribution is -2.50. The SMILES string of the molecule is CC(NCC(C)(O)CN(C)C)C(N)=NO. The molecule has 2 unspecified atom stereocenters. The topological polar surface area (TPSA) is 94.1 Å². The van der Waals surface area contributed by atoms with Gasteiger partial charge in [-0.05, 0) is 27.9 Å². The van der Waals surface area contributed by atoms with Gasteiger partial charge in [0.05, 0.1) is 11.6 Å². The number of nitrogens with zero attached hydrogens (tertiary/aromatic N) is 2. The second-order valence-electron chi connectivity index (χ2n) is 4.36. The third-order valence-corrected chi connectivity index (χ3v) is 2.01. The molecule has 0 aliphatic carbocycles. The van der Waals surface area contributed by atoms with Crippen molar-refractivity contribution in [1.82, 2.24) is 10.2 Å².